The molecule has 2 aliphatic rings. The Kier molecular flexibility index (Phi) is 5.34. The average Bonchev–Trinajstić information content (AvgIpc) is 3.02. The van der Waals surface area contributed by atoms with Gasteiger partial charge in [-0.3, -0.25) is 9.59 Å². The normalized spacial score (nSPS) is 22.4. The molecule has 1 aromatic rings. The third kappa shape index (κ3) is 4.18. The summed E-state index contributed by atoms with van der Waals surface area (Å²) in [5.74, 6) is -0.565. The van der Waals surface area contributed by atoms with Gasteiger partial charge in [0.1, 0.15) is 5.54 Å². The summed E-state index contributed by atoms with van der Waals surface area (Å²) in [6.07, 6.45) is 1.99. The Bertz CT molecular complexity index is 662. The van der Waals surface area contributed by atoms with E-state index in [0.717, 1.165) is 6.42 Å². The summed E-state index contributed by atoms with van der Waals surface area (Å²) < 4.78 is 5.28. The van der Waals surface area contributed by atoms with Gasteiger partial charge in [0.2, 0.25) is 11.8 Å². The second kappa shape index (κ2) is 7.66. The van der Waals surface area contributed by atoms with E-state index in [1.54, 1.807) is 4.90 Å². The molecule has 1 aromatic carbocycles. The Labute approximate surface area is 147 Å². The molecule has 0 radical (unpaired) electrons. The Morgan fingerprint density at radius 3 is 2.72 bits per heavy atom. The van der Waals surface area contributed by atoms with Crippen LogP contribution in [0.5, 0.6) is 0 Å². The average molecular weight is 341 g/mol. The van der Waals surface area contributed by atoms with Gasteiger partial charge in [0.05, 0.1) is 12.0 Å². The van der Waals surface area contributed by atoms with E-state index in [0.29, 0.717) is 39.1 Å². The lowest BCUT2D eigenvalue weighted by atomic mass is 9.90. The van der Waals surface area contributed by atoms with Crippen LogP contribution in [0.3, 0.4) is 0 Å². The first-order valence-electron chi connectivity index (χ1n) is 8.75. The van der Waals surface area contributed by atoms with Crippen molar-refractivity contribution in [2.75, 3.05) is 26.3 Å². The summed E-state index contributed by atoms with van der Waals surface area (Å²) in [5.41, 5.74) is 0.324. The summed E-state index contributed by atoms with van der Waals surface area (Å²) in [7, 11) is 0. The van der Waals surface area contributed by atoms with Crippen molar-refractivity contribution in [2.45, 2.75) is 31.2 Å². The first-order chi connectivity index (χ1) is 12.1. The molecule has 0 aliphatic carbocycles. The summed E-state index contributed by atoms with van der Waals surface area (Å²) in [5, 5.41) is 12.3. The van der Waals surface area contributed by atoms with Crippen LogP contribution in [0.1, 0.15) is 24.8 Å². The highest BCUT2D eigenvalue weighted by Gasteiger charge is 2.39. The maximum atomic E-state index is 12.6. The van der Waals surface area contributed by atoms with Crippen molar-refractivity contribution < 1.29 is 14.3 Å². The van der Waals surface area contributed by atoms with Gasteiger partial charge in [0, 0.05) is 45.6 Å². The fourth-order valence-electron chi connectivity index (χ4n) is 3.40. The van der Waals surface area contributed by atoms with Gasteiger partial charge in [-0.25, -0.2) is 0 Å². The van der Waals surface area contributed by atoms with E-state index in [9.17, 15) is 14.9 Å². The molecule has 3 rings (SSSR count). The van der Waals surface area contributed by atoms with Crippen LogP contribution in [0, 0.1) is 17.2 Å². The lowest BCUT2D eigenvalue weighted by molar-refractivity contribution is -0.129. The van der Waals surface area contributed by atoms with E-state index in [2.05, 4.69) is 11.4 Å². The molecular formula is C19H23N3O3. The summed E-state index contributed by atoms with van der Waals surface area (Å²) >= 11 is 0. The topological polar surface area (TPSA) is 82.4 Å². The third-order valence-corrected chi connectivity index (χ3v) is 5.02. The van der Waals surface area contributed by atoms with Gasteiger partial charge < -0.3 is 15.0 Å². The number of nitriles is 1. The minimum atomic E-state index is -0.851. The molecule has 2 aliphatic heterocycles. The number of nitrogens with one attached hydrogen (secondary N) is 1. The minimum absolute atomic E-state index is 0.00839. The van der Waals surface area contributed by atoms with E-state index in [1.807, 2.05) is 30.3 Å². The van der Waals surface area contributed by atoms with E-state index in [1.165, 1.54) is 5.56 Å². The number of hydrogen-bond acceptors (Lipinski definition) is 4. The van der Waals surface area contributed by atoms with Crippen molar-refractivity contribution in [1.29, 1.82) is 5.26 Å². The number of rotatable bonds is 5. The highest BCUT2D eigenvalue weighted by atomic mass is 16.5. The molecule has 1 N–H and O–H groups in total. The SMILES string of the molecule is N#CC1(NC(=O)C2CC(=O)N(CCc3ccccc3)C2)CCOCC1. The van der Waals surface area contributed by atoms with Crippen molar-refractivity contribution in [3.8, 4) is 6.07 Å². The molecule has 0 saturated carbocycles. The lowest BCUT2D eigenvalue weighted by Gasteiger charge is -2.32. The number of carbonyl (C=O) groups is 2. The van der Waals surface area contributed by atoms with Crippen molar-refractivity contribution in [3.63, 3.8) is 0 Å². The Balaban J connectivity index is 1.54. The molecule has 25 heavy (non-hydrogen) atoms. The Morgan fingerprint density at radius 1 is 1.32 bits per heavy atom. The molecule has 1 unspecified atom stereocenters. The predicted octanol–water partition coefficient (Wildman–Crippen LogP) is 1.27. The van der Waals surface area contributed by atoms with Crippen molar-refractivity contribution in [3.05, 3.63) is 35.9 Å². The number of carbonyl (C=O) groups excluding carboxylic acids is 2. The molecule has 6 nitrogen and oxygen atoms in total. The van der Waals surface area contributed by atoms with Gasteiger partial charge in [0.15, 0.2) is 0 Å². The molecule has 2 saturated heterocycles. The van der Waals surface area contributed by atoms with Crippen LogP contribution in [-0.2, 0) is 20.7 Å². The van der Waals surface area contributed by atoms with Gasteiger partial charge in [-0.2, -0.15) is 5.26 Å². The van der Waals surface area contributed by atoms with Gasteiger partial charge in [-0.1, -0.05) is 30.3 Å². The maximum absolute atomic E-state index is 12.6. The third-order valence-electron chi connectivity index (χ3n) is 5.02. The van der Waals surface area contributed by atoms with Crippen LogP contribution in [0.15, 0.2) is 30.3 Å². The first kappa shape index (κ1) is 17.4. The fraction of sp³-hybridized carbons (Fsp3) is 0.526. The zero-order valence-corrected chi connectivity index (χ0v) is 14.2. The fourth-order valence-corrected chi connectivity index (χ4v) is 3.40. The largest absolute Gasteiger partial charge is 0.381 e. The molecule has 6 heteroatoms. The van der Waals surface area contributed by atoms with E-state index < -0.39 is 5.54 Å². The van der Waals surface area contributed by atoms with Crippen LogP contribution < -0.4 is 5.32 Å². The molecule has 2 fully saturated rings. The minimum Gasteiger partial charge on any atom is -0.381 e. The molecule has 0 spiro atoms. The maximum Gasteiger partial charge on any atom is 0.226 e. The molecule has 2 heterocycles. The van der Waals surface area contributed by atoms with Crippen LogP contribution in [-0.4, -0.2) is 48.6 Å². The van der Waals surface area contributed by atoms with Crippen LogP contribution in [0.4, 0.5) is 0 Å². The second-order valence-corrected chi connectivity index (χ2v) is 6.77. The van der Waals surface area contributed by atoms with E-state index >= 15 is 0 Å². The highest BCUT2D eigenvalue weighted by Crippen LogP contribution is 2.23. The molecule has 1 atom stereocenters. The van der Waals surface area contributed by atoms with Gasteiger partial charge in [-0.15, -0.1) is 0 Å². The number of benzene rings is 1. The van der Waals surface area contributed by atoms with E-state index in [4.69, 9.17) is 4.74 Å². The quantitative estimate of drug-likeness (QED) is 0.874. The van der Waals surface area contributed by atoms with Crippen LogP contribution in [0.2, 0.25) is 0 Å². The van der Waals surface area contributed by atoms with Gasteiger partial charge >= 0.3 is 0 Å². The number of likely N-dealkylation sites (tertiary alicyclic amines) is 1. The molecule has 132 valence electrons. The number of amides is 2. The number of hydrogen-bond donors (Lipinski definition) is 1. The molecule has 0 aromatic heterocycles. The first-order valence-corrected chi connectivity index (χ1v) is 8.75. The predicted molar refractivity (Wildman–Crippen MR) is 91.4 cm³/mol. The van der Waals surface area contributed by atoms with Crippen molar-refractivity contribution >= 4 is 11.8 Å². The van der Waals surface area contributed by atoms with Crippen molar-refractivity contribution in [2.24, 2.45) is 5.92 Å². The molecular weight excluding hydrogens is 318 g/mol. The summed E-state index contributed by atoms with van der Waals surface area (Å²) in [4.78, 5) is 26.5. The highest BCUT2D eigenvalue weighted by molar-refractivity contribution is 5.89. The van der Waals surface area contributed by atoms with Gasteiger partial charge in [0.25, 0.3) is 0 Å². The molecule has 2 amide bonds. The van der Waals surface area contributed by atoms with Crippen LogP contribution in [0.25, 0.3) is 0 Å². The second-order valence-electron chi connectivity index (χ2n) is 6.77. The zero-order valence-electron chi connectivity index (χ0n) is 14.2. The molecule has 0 bridgehead atoms. The smallest absolute Gasteiger partial charge is 0.226 e. The standard InChI is InChI=1S/C19H23N3O3/c20-14-19(7-10-25-11-8-19)21-18(24)16-12-17(23)22(13-16)9-6-15-4-2-1-3-5-15/h1-5,16H,6-13H2,(H,21,24). The van der Waals surface area contributed by atoms with Gasteiger partial charge in [-0.05, 0) is 12.0 Å². The summed E-state index contributed by atoms with van der Waals surface area (Å²) in [6, 6.07) is 12.2. The monoisotopic (exact) mass is 341 g/mol. The zero-order chi connectivity index (χ0) is 17.7. The van der Waals surface area contributed by atoms with E-state index in [-0.39, 0.29) is 24.2 Å². The Morgan fingerprint density at radius 2 is 2.04 bits per heavy atom. The number of ether oxygens (including phenoxy) is 1. The number of nitrogens with zero attached hydrogens (tertiary/aromatic N) is 2. The van der Waals surface area contributed by atoms with Crippen molar-refractivity contribution in [1.82, 2.24) is 10.2 Å². The lowest BCUT2D eigenvalue weighted by Crippen LogP contribution is -2.52. The summed E-state index contributed by atoms with van der Waals surface area (Å²) in [6.45, 7) is 1.99. The van der Waals surface area contributed by atoms with Crippen LogP contribution >= 0.6 is 0 Å². The Hall–Kier alpha value is -2.39.